The Morgan fingerprint density at radius 1 is 1.28 bits per heavy atom. The van der Waals surface area contributed by atoms with Gasteiger partial charge in [-0.25, -0.2) is 13.1 Å². The van der Waals surface area contributed by atoms with Crippen LogP contribution in [0.3, 0.4) is 0 Å². The van der Waals surface area contributed by atoms with Gasteiger partial charge in [-0.15, -0.1) is 12.4 Å². The molecule has 0 spiro atoms. The van der Waals surface area contributed by atoms with Crippen LogP contribution >= 0.6 is 12.4 Å². The average molecular weight is 298 g/mol. The van der Waals surface area contributed by atoms with Gasteiger partial charge in [-0.1, -0.05) is 0 Å². The number of nitrogens with one attached hydrogen (secondary N) is 2. The van der Waals surface area contributed by atoms with Gasteiger partial charge in [0.1, 0.15) is 0 Å². The second-order valence-electron chi connectivity index (χ2n) is 5.33. The lowest BCUT2D eigenvalue weighted by atomic mass is 9.98. The molecule has 5 nitrogen and oxygen atoms in total. The van der Waals surface area contributed by atoms with E-state index in [4.69, 9.17) is 0 Å². The summed E-state index contributed by atoms with van der Waals surface area (Å²) in [7, 11) is -3.05. The quantitative estimate of drug-likeness (QED) is 0.769. The fraction of sp³-hybridized carbons (Fsp3) is 1.00. The predicted molar refractivity (Wildman–Crippen MR) is 75.7 cm³/mol. The number of halogens is 1. The molecule has 2 aliphatic heterocycles. The van der Waals surface area contributed by atoms with Crippen LogP contribution in [0.2, 0.25) is 0 Å². The molecule has 0 aromatic rings. The van der Waals surface area contributed by atoms with Crippen LogP contribution in [0.4, 0.5) is 0 Å². The van der Waals surface area contributed by atoms with Crippen molar-refractivity contribution in [2.75, 3.05) is 39.0 Å². The van der Waals surface area contributed by atoms with Crippen LogP contribution in [-0.2, 0) is 10.0 Å². The molecular weight excluding hydrogens is 274 g/mol. The minimum absolute atomic E-state index is 0. The maximum absolute atomic E-state index is 11.1. The van der Waals surface area contributed by atoms with Crippen molar-refractivity contribution in [1.29, 1.82) is 0 Å². The highest BCUT2D eigenvalue weighted by Crippen LogP contribution is 2.17. The van der Waals surface area contributed by atoms with Crippen LogP contribution in [0, 0.1) is 5.92 Å². The smallest absolute Gasteiger partial charge is 0.208 e. The molecule has 0 saturated carbocycles. The summed E-state index contributed by atoms with van der Waals surface area (Å²) in [5.41, 5.74) is 0. The summed E-state index contributed by atoms with van der Waals surface area (Å²) in [6.07, 6.45) is 4.68. The zero-order valence-electron chi connectivity index (χ0n) is 10.9. The lowest BCUT2D eigenvalue weighted by Crippen LogP contribution is -2.39. The largest absolute Gasteiger partial charge is 0.317 e. The Labute approximate surface area is 116 Å². The number of rotatable bonds is 4. The van der Waals surface area contributed by atoms with E-state index in [1.807, 2.05) is 0 Å². The third-order valence-corrected chi connectivity index (χ3v) is 4.39. The lowest BCUT2D eigenvalue weighted by molar-refractivity contribution is 0.238. The highest BCUT2D eigenvalue weighted by atomic mass is 35.5. The van der Waals surface area contributed by atoms with Gasteiger partial charge in [0.2, 0.25) is 10.0 Å². The molecule has 0 aromatic heterocycles. The molecule has 0 amide bonds. The van der Waals surface area contributed by atoms with Crippen molar-refractivity contribution in [2.45, 2.75) is 25.3 Å². The van der Waals surface area contributed by atoms with Crippen molar-refractivity contribution in [3.05, 3.63) is 0 Å². The van der Waals surface area contributed by atoms with Gasteiger partial charge in [0.25, 0.3) is 0 Å². The highest BCUT2D eigenvalue weighted by molar-refractivity contribution is 7.88. The van der Waals surface area contributed by atoms with E-state index >= 15 is 0 Å². The van der Waals surface area contributed by atoms with Crippen LogP contribution in [0.15, 0.2) is 0 Å². The number of piperidine rings is 1. The second-order valence-corrected chi connectivity index (χ2v) is 7.11. The first-order valence-electron chi connectivity index (χ1n) is 6.43. The molecule has 108 valence electrons. The van der Waals surface area contributed by atoms with Crippen molar-refractivity contribution in [3.63, 3.8) is 0 Å². The molecule has 0 radical (unpaired) electrons. The van der Waals surface area contributed by atoms with E-state index in [9.17, 15) is 8.42 Å². The van der Waals surface area contributed by atoms with Crippen molar-refractivity contribution in [2.24, 2.45) is 5.92 Å². The number of nitrogens with zero attached hydrogens (tertiary/aromatic N) is 1. The molecular formula is C11H24ClN3O2S. The first-order chi connectivity index (χ1) is 8.03. The normalized spacial score (nSPS) is 27.1. The number of hydrogen-bond donors (Lipinski definition) is 2. The Morgan fingerprint density at radius 3 is 2.56 bits per heavy atom. The molecule has 0 aliphatic carbocycles. The predicted octanol–water partition coefficient (Wildman–Crippen LogP) is 0.0313. The van der Waals surface area contributed by atoms with Crippen molar-refractivity contribution < 1.29 is 8.42 Å². The molecule has 2 aliphatic rings. The van der Waals surface area contributed by atoms with E-state index in [1.54, 1.807) is 0 Å². The van der Waals surface area contributed by atoms with Gasteiger partial charge in [0.15, 0.2) is 0 Å². The lowest BCUT2D eigenvalue weighted by Gasteiger charge is -2.27. The fourth-order valence-corrected chi connectivity index (χ4v) is 3.62. The molecule has 0 aromatic carbocycles. The van der Waals surface area contributed by atoms with Gasteiger partial charge in [0.05, 0.1) is 6.26 Å². The minimum atomic E-state index is -3.05. The van der Waals surface area contributed by atoms with E-state index < -0.39 is 10.0 Å². The van der Waals surface area contributed by atoms with Gasteiger partial charge >= 0.3 is 0 Å². The Kier molecular flexibility index (Phi) is 6.34. The van der Waals surface area contributed by atoms with Crippen LogP contribution in [-0.4, -0.2) is 58.3 Å². The standard InChI is InChI=1S/C11H23N3O2S.ClH/c1-17(15,16)13-11-4-7-14(9-11)8-10-2-5-12-6-3-10;/h10-13H,2-9H2,1H3;1H. The molecule has 2 heterocycles. The maximum atomic E-state index is 11.1. The Balaban J connectivity index is 0.00000162. The van der Waals surface area contributed by atoms with E-state index in [1.165, 1.54) is 19.1 Å². The van der Waals surface area contributed by atoms with Crippen LogP contribution in [0.25, 0.3) is 0 Å². The molecule has 2 fully saturated rings. The van der Waals surface area contributed by atoms with E-state index in [0.717, 1.165) is 45.1 Å². The van der Waals surface area contributed by atoms with Crippen molar-refractivity contribution >= 4 is 22.4 Å². The number of hydrogen-bond acceptors (Lipinski definition) is 4. The zero-order valence-corrected chi connectivity index (χ0v) is 12.5. The van der Waals surface area contributed by atoms with Gasteiger partial charge in [-0.05, 0) is 44.8 Å². The first kappa shape index (κ1) is 16.2. The number of sulfonamides is 1. The molecule has 18 heavy (non-hydrogen) atoms. The number of likely N-dealkylation sites (tertiary alicyclic amines) is 1. The summed E-state index contributed by atoms with van der Waals surface area (Å²) in [5.74, 6) is 0.785. The van der Waals surface area contributed by atoms with Gasteiger partial charge in [-0.2, -0.15) is 0 Å². The Hall–Kier alpha value is 0.120. The van der Waals surface area contributed by atoms with E-state index in [2.05, 4.69) is 14.9 Å². The topological polar surface area (TPSA) is 61.4 Å². The van der Waals surface area contributed by atoms with E-state index in [0.29, 0.717) is 0 Å². The Morgan fingerprint density at radius 2 is 1.94 bits per heavy atom. The zero-order chi connectivity index (χ0) is 12.3. The molecule has 0 bridgehead atoms. The summed E-state index contributed by atoms with van der Waals surface area (Å²) in [5, 5.41) is 3.37. The molecule has 2 N–H and O–H groups in total. The highest BCUT2D eigenvalue weighted by Gasteiger charge is 2.26. The summed E-state index contributed by atoms with van der Waals surface area (Å²) in [6, 6.07) is 0.117. The van der Waals surface area contributed by atoms with Crippen molar-refractivity contribution in [3.8, 4) is 0 Å². The first-order valence-corrected chi connectivity index (χ1v) is 8.32. The van der Waals surface area contributed by atoms with Gasteiger partial charge in [-0.3, -0.25) is 0 Å². The third-order valence-electron chi connectivity index (χ3n) is 3.63. The third kappa shape index (κ3) is 5.40. The molecule has 1 unspecified atom stereocenters. The summed E-state index contributed by atoms with van der Waals surface area (Å²) in [6.45, 7) is 5.28. The Bertz CT molecular complexity index is 344. The van der Waals surface area contributed by atoms with Crippen LogP contribution in [0.5, 0.6) is 0 Å². The molecule has 2 saturated heterocycles. The summed E-state index contributed by atoms with van der Waals surface area (Å²) >= 11 is 0. The van der Waals surface area contributed by atoms with Gasteiger partial charge < -0.3 is 10.2 Å². The van der Waals surface area contributed by atoms with E-state index in [-0.39, 0.29) is 18.4 Å². The fourth-order valence-electron chi connectivity index (χ4n) is 2.83. The summed E-state index contributed by atoms with van der Waals surface area (Å²) in [4.78, 5) is 2.40. The SMILES string of the molecule is CS(=O)(=O)NC1CCN(CC2CCNCC2)C1.Cl. The maximum Gasteiger partial charge on any atom is 0.208 e. The summed E-state index contributed by atoms with van der Waals surface area (Å²) < 4.78 is 25.0. The van der Waals surface area contributed by atoms with Crippen LogP contribution in [0.1, 0.15) is 19.3 Å². The molecule has 2 rings (SSSR count). The van der Waals surface area contributed by atoms with Crippen LogP contribution < -0.4 is 10.0 Å². The minimum Gasteiger partial charge on any atom is -0.317 e. The molecule has 1 atom stereocenters. The monoisotopic (exact) mass is 297 g/mol. The average Bonchev–Trinajstić information content (AvgIpc) is 2.64. The molecule has 7 heteroatoms. The van der Waals surface area contributed by atoms with Crippen molar-refractivity contribution in [1.82, 2.24) is 14.9 Å². The van der Waals surface area contributed by atoms with Gasteiger partial charge in [0, 0.05) is 19.1 Å². The second kappa shape index (κ2) is 7.05.